The minimum Gasteiger partial charge on any atom is -0.496 e. The molecule has 0 bridgehead atoms. The van der Waals surface area contributed by atoms with Crippen LogP contribution in [0.2, 0.25) is 5.02 Å². The van der Waals surface area contributed by atoms with Gasteiger partial charge in [-0.25, -0.2) is 9.37 Å². The van der Waals surface area contributed by atoms with Gasteiger partial charge in [0.05, 0.1) is 23.4 Å². The number of para-hydroxylation sites is 1. The lowest BCUT2D eigenvalue weighted by Crippen LogP contribution is -2.02. The highest BCUT2D eigenvalue weighted by molar-refractivity contribution is 7.17. The van der Waals surface area contributed by atoms with Gasteiger partial charge < -0.3 is 10.1 Å². The van der Waals surface area contributed by atoms with E-state index < -0.39 is 5.82 Å². The molecule has 4 rings (SSSR count). The van der Waals surface area contributed by atoms with Crippen molar-refractivity contribution in [3.05, 3.63) is 63.4 Å². The number of fused-ring (bicyclic) bond motifs is 1. The largest absolute Gasteiger partial charge is 0.496 e. The Hall–Kier alpha value is -2.57. The van der Waals surface area contributed by atoms with Crippen LogP contribution in [0.5, 0.6) is 5.75 Å². The minimum atomic E-state index is -0.390. The fourth-order valence-electron chi connectivity index (χ4n) is 3.25. The first-order valence-electron chi connectivity index (χ1n) is 8.75. The number of halogens is 2. The van der Waals surface area contributed by atoms with Gasteiger partial charge in [-0.15, -0.1) is 11.3 Å². The second-order valence-electron chi connectivity index (χ2n) is 6.54. The molecule has 0 radical (unpaired) electrons. The molecular formula is C21H19ClFN3OS. The summed E-state index contributed by atoms with van der Waals surface area (Å²) in [6.07, 6.45) is 0. The van der Waals surface area contributed by atoms with Gasteiger partial charge in [0.2, 0.25) is 0 Å². The number of aryl methyl sites for hydroxylation is 3. The van der Waals surface area contributed by atoms with Gasteiger partial charge in [0.15, 0.2) is 4.96 Å². The highest BCUT2D eigenvalue weighted by Crippen LogP contribution is 2.42. The van der Waals surface area contributed by atoms with Crippen LogP contribution in [0.25, 0.3) is 16.2 Å². The lowest BCUT2D eigenvalue weighted by Gasteiger charge is -2.15. The van der Waals surface area contributed by atoms with E-state index in [4.69, 9.17) is 21.3 Å². The molecule has 0 fully saturated rings. The minimum absolute atomic E-state index is 0.324. The number of thiazole rings is 1. The fourth-order valence-corrected chi connectivity index (χ4v) is 4.49. The molecule has 0 aliphatic heterocycles. The molecule has 0 saturated carbocycles. The Morgan fingerprint density at radius 3 is 2.61 bits per heavy atom. The van der Waals surface area contributed by atoms with E-state index in [0.717, 1.165) is 26.8 Å². The van der Waals surface area contributed by atoms with E-state index >= 15 is 0 Å². The molecule has 2 aromatic heterocycles. The van der Waals surface area contributed by atoms with Crippen molar-refractivity contribution in [2.45, 2.75) is 20.8 Å². The van der Waals surface area contributed by atoms with Crippen LogP contribution in [0, 0.1) is 26.6 Å². The highest BCUT2D eigenvalue weighted by atomic mass is 35.5. The van der Waals surface area contributed by atoms with E-state index in [2.05, 4.69) is 5.32 Å². The standard InChI is InChI=1S/C21H19ClFN3OS/c1-11-7-5-8-14(22)18(11)24-20-19(17-15(23)9-6-10-16(17)27-4)25-21-26(20)12(2)13(3)28-21/h5-10,24H,1-4H3. The maximum atomic E-state index is 14.8. The Kier molecular flexibility index (Phi) is 4.77. The molecule has 2 heterocycles. The van der Waals surface area contributed by atoms with Crippen LogP contribution in [-0.4, -0.2) is 16.5 Å². The average Bonchev–Trinajstić information content (AvgIpc) is 3.14. The third kappa shape index (κ3) is 2.93. The molecule has 4 aromatic rings. The van der Waals surface area contributed by atoms with E-state index in [1.54, 1.807) is 23.5 Å². The number of hydrogen-bond acceptors (Lipinski definition) is 4. The Bertz CT molecular complexity index is 1180. The highest BCUT2D eigenvalue weighted by Gasteiger charge is 2.24. The van der Waals surface area contributed by atoms with Crippen molar-refractivity contribution in [2.24, 2.45) is 0 Å². The number of aromatic nitrogens is 2. The fraction of sp³-hybridized carbons (Fsp3) is 0.190. The summed E-state index contributed by atoms with van der Waals surface area (Å²) in [5.41, 5.74) is 3.61. The van der Waals surface area contributed by atoms with Gasteiger partial charge in [0.1, 0.15) is 23.1 Å². The molecule has 0 atom stereocenters. The Morgan fingerprint density at radius 2 is 1.89 bits per heavy atom. The summed E-state index contributed by atoms with van der Waals surface area (Å²) in [4.78, 5) is 6.67. The average molecular weight is 416 g/mol. The van der Waals surface area contributed by atoms with E-state index in [1.165, 1.54) is 13.2 Å². The molecular weight excluding hydrogens is 397 g/mol. The lowest BCUT2D eigenvalue weighted by atomic mass is 10.1. The molecule has 0 aliphatic carbocycles. The van der Waals surface area contributed by atoms with Crippen LogP contribution in [0.15, 0.2) is 36.4 Å². The number of imidazole rings is 1. The predicted molar refractivity (Wildman–Crippen MR) is 114 cm³/mol. The Labute approximate surface area is 171 Å². The zero-order chi connectivity index (χ0) is 20.0. The number of benzene rings is 2. The van der Waals surface area contributed by atoms with Gasteiger partial charge in [-0.3, -0.25) is 4.40 Å². The number of methoxy groups -OCH3 is 1. The van der Waals surface area contributed by atoms with Crippen LogP contribution < -0.4 is 10.1 Å². The third-order valence-electron chi connectivity index (χ3n) is 4.83. The summed E-state index contributed by atoms with van der Waals surface area (Å²) in [7, 11) is 1.53. The molecule has 2 aromatic carbocycles. The van der Waals surface area contributed by atoms with Crippen molar-refractivity contribution in [2.75, 3.05) is 12.4 Å². The molecule has 0 saturated heterocycles. The summed E-state index contributed by atoms with van der Waals surface area (Å²) in [5, 5.41) is 4.01. The topological polar surface area (TPSA) is 38.6 Å². The zero-order valence-corrected chi connectivity index (χ0v) is 17.5. The monoisotopic (exact) mass is 415 g/mol. The predicted octanol–water partition coefficient (Wildman–Crippen LogP) is 6.53. The van der Waals surface area contributed by atoms with E-state index in [9.17, 15) is 4.39 Å². The van der Waals surface area contributed by atoms with Crippen molar-refractivity contribution in [1.82, 2.24) is 9.38 Å². The molecule has 0 aliphatic rings. The summed E-state index contributed by atoms with van der Waals surface area (Å²) in [6.45, 7) is 6.04. The second kappa shape index (κ2) is 7.11. The lowest BCUT2D eigenvalue weighted by molar-refractivity contribution is 0.413. The van der Waals surface area contributed by atoms with Crippen LogP contribution in [0.3, 0.4) is 0 Å². The molecule has 0 spiro atoms. The molecule has 28 heavy (non-hydrogen) atoms. The van der Waals surface area contributed by atoms with Crippen LogP contribution in [-0.2, 0) is 0 Å². The van der Waals surface area contributed by atoms with Gasteiger partial charge in [0, 0.05) is 10.6 Å². The number of anilines is 2. The molecule has 144 valence electrons. The van der Waals surface area contributed by atoms with Crippen molar-refractivity contribution >= 4 is 39.4 Å². The zero-order valence-electron chi connectivity index (χ0n) is 15.9. The van der Waals surface area contributed by atoms with Gasteiger partial charge in [-0.1, -0.05) is 29.8 Å². The normalized spacial score (nSPS) is 11.2. The van der Waals surface area contributed by atoms with Crippen LogP contribution in [0.1, 0.15) is 16.1 Å². The number of hydrogen-bond donors (Lipinski definition) is 1. The summed E-state index contributed by atoms with van der Waals surface area (Å²) in [5.74, 6) is 0.703. The first-order valence-corrected chi connectivity index (χ1v) is 9.95. The SMILES string of the molecule is COc1cccc(F)c1-c1nc2sc(C)c(C)n2c1Nc1c(C)cccc1Cl. The Morgan fingerprint density at radius 1 is 1.14 bits per heavy atom. The van der Waals surface area contributed by atoms with Gasteiger partial charge >= 0.3 is 0 Å². The first-order chi connectivity index (χ1) is 13.4. The van der Waals surface area contributed by atoms with Crippen molar-refractivity contribution in [1.29, 1.82) is 0 Å². The number of nitrogens with zero attached hydrogens (tertiary/aromatic N) is 2. The molecule has 7 heteroatoms. The van der Waals surface area contributed by atoms with Crippen molar-refractivity contribution in [3.8, 4) is 17.0 Å². The second-order valence-corrected chi connectivity index (χ2v) is 8.13. The smallest absolute Gasteiger partial charge is 0.196 e. The summed E-state index contributed by atoms with van der Waals surface area (Å²) in [6, 6.07) is 10.5. The molecule has 4 nitrogen and oxygen atoms in total. The summed E-state index contributed by atoms with van der Waals surface area (Å²) >= 11 is 8.00. The number of nitrogens with one attached hydrogen (secondary N) is 1. The van der Waals surface area contributed by atoms with Crippen molar-refractivity contribution in [3.63, 3.8) is 0 Å². The third-order valence-corrected chi connectivity index (χ3v) is 6.21. The van der Waals surface area contributed by atoms with Crippen LogP contribution in [0.4, 0.5) is 15.9 Å². The van der Waals surface area contributed by atoms with E-state index in [1.807, 2.05) is 43.4 Å². The number of rotatable bonds is 4. The van der Waals surface area contributed by atoms with Gasteiger partial charge in [-0.05, 0) is 44.5 Å². The van der Waals surface area contributed by atoms with E-state index in [-0.39, 0.29) is 0 Å². The Balaban J connectivity index is 2.03. The van der Waals surface area contributed by atoms with Crippen LogP contribution >= 0.6 is 22.9 Å². The summed E-state index contributed by atoms with van der Waals surface area (Å²) < 4.78 is 22.3. The molecule has 1 N–H and O–H groups in total. The van der Waals surface area contributed by atoms with Crippen molar-refractivity contribution < 1.29 is 9.13 Å². The number of ether oxygens (including phenoxy) is 1. The maximum absolute atomic E-state index is 14.8. The molecule has 0 amide bonds. The molecule has 0 unspecified atom stereocenters. The van der Waals surface area contributed by atoms with Gasteiger partial charge in [0.25, 0.3) is 0 Å². The van der Waals surface area contributed by atoms with Gasteiger partial charge in [-0.2, -0.15) is 0 Å². The quantitative estimate of drug-likeness (QED) is 0.411. The van der Waals surface area contributed by atoms with E-state index in [0.29, 0.717) is 27.8 Å². The first kappa shape index (κ1) is 18.8. The maximum Gasteiger partial charge on any atom is 0.196 e.